The van der Waals surface area contributed by atoms with Crippen LogP contribution >= 0.6 is 11.6 Å². The number of hydrogen-bond acceptors (Lipinski definition) is 3. The Morgan fingerprint density at radius 2 is 1.90 bits per heavy atom. The number of aromatic nitrogens is 1. The molecule has 4 rings (SSSR count). The van der Waals surface area contributed by atoms with Crippen molar-refractivity contribution >= 4 is 28.4 Å². The number of amides is 1. The molecule has 30 heavy (non-hydrogen) atoms. The molecule has 0 saturated heterocycles. The molecule has 0 bridgehead atoms. The van der Waals surface area contributed by atoms with Gasteiger partial charge in [-0.1, -0.05) is 24.3 Å². The van der Waals surface area contributed by atoms with Crippen molar-refractivity contribution in [1.82, 2.24) is 10.3 Å². The van der Waals surface area contributed by atoms with Gasteiger partial charge in [0.25, 0.3) is 5.91 Å². The largest absolute Gasteiger partial charge is 0.351 e. The van der Waals surface area contributed by atoms with Gasteiger partial charge < -0.3 is 21.8 Å². The smallest absolute Gasteiger partial charge is 0.267 e. The lowest BCUT2D eigenvalue weighted by atomic mass is 10.0. The number of H-pyrrole nitrogens is 1. The zero-order valence-electron chi connectivity index (χ0n) is 16.6. The van der Waals surface area contributed by atoms with E-state index in [0.29, 0.717) is 31.0 Å². The fraction of sp³-hybridized carbons (Fsp3) is 0.348. The number of alkyl halides is 1. The van der Waals surface area contributed by atoms with Gasteiger partial charge in [-0.2, -0.15) is 0 Å². The van der Waals surface area contributed by atoms with Crippen LogP contribution in [0.2, 0.25) is 0 Å². The fourth-order valence-electron chi connectivity index (χ4n) is 3.67. The average molecular weight is 429 g/mol. The first-order valence-electron chi connectivity index (χ1n) is 10.2. The molecule has 1 aliphatic rings. The van der Waals surface area contributed by atoms with Crippen LogP contribution in [0.15, 0.2) is 48.5 Å². The first-order valence-corrected chi connectivity index (χ1v) is 10.6. The van der Waals surface area contributed by atoms with Crippen molar-refractivity contribution in [2.24, 2.45) is 17.4 Å². The molecule has 1 aliphatic carbocycles. The van der Waals surface area contributed by atoms with E-state index in [0.717, 1.165) is 34.9 Å². The number of nitrogens with one attached hydrogen (secondary N) is 2. The number of rotatable bonds is 8. The van der Waals surface area contributed by atoms with E-state index in [1.807, 2.05) is 18.2 Å². The molecule has 7 heteroatoms. The van der Waals surface area contributed by atoms with Gasteiger partial charge in [-0.25, -0.2) is 4.39 Å². The summed E-state index contributed by atoms with van der Waals surface area (Å²) >= 11 is 6.36. The Kier molecular flexibility index (Phi) is 5.82. The topological polar surface area (TPSA) is 96.9 Å². The number of nitrogens with two attached hydrogens (primary N) is 2. The molecular formula is C23H26ClFN4O. The van der Waals surface area contributed by atoms with Crippen molar-refractivity contribution < 1.29 is 9.18 Å². The third kappa shape index (κ3) is 4.83. The van der Waals surface area contributed by atoms with Crippen LogP contribution in [0.3, 0.4) is 0 Å². The molecule has 158 valence electrons. The van der Waals surface area contributed by atoms with Gasteiger partial charge in [0.1, 0.15) is 11.5 Å². The zero-order valence-corrected chi connectivity index (χ0v) is 17.4. The molecule has 6 N–H and O–H groups in total. The van der Waals surface area contributed by atoms with Crippen molar-refractivity contribution in [3.8, 4) is 11.1 Å². The highest BCUT2D eigenvalue weighted by Crippen LogP contribution is 2.43. The van der Waals surface area contributed by atoms with Gasteiger partial charge in [0.05, 0.1) is 5.00 Å². The third-order valence-corrected chi connectivity index (χ3v) is 6.22. The third-order valence-electron chi connectivity index (χ3n) is 5.72. The van der Waals surface area contributed by atoms with Crippen molar-refractivity contribution in [3.63, 3.8) is 0 Å². The quantitative estimate of drug-likeness (QED) is 0.321. The Hall–Kier alpha value is -2.41. The van der Waals surface area contributed by atoms with Crippen molar-refractivity contribution in [1.29, 1.82) is 0 Å². The number of aromatic amines is 1. The lowest BCUT2D eigenvalue weighted by molar-refractivity contribution is 0.0946. The lowest BCUT2D eigenvalue weighted by Gasteiger charge is -2.23. The average Bonchev–Trinajstić information content (AvgIpc) is 3.51. The van der Waals surface area contributed by atoms with Crippen LogP contribution in [0, 0.1) is 11.7 Å². The van der Waals surface area contributed by atoms with Crippen LogP contribution in [0.5, 0.6) is 0 Å². The molecule has 0 aliphatic heterocycles. The molecule has 1 saturated carbocycles. The predicted molar refractivity (Wildman–Crippen MR) is 119 cm³/mol. The minimum Gasteiger partial charge on any atom is -0.351 e. The van der Waals surface area contributed by atoms with E-state index in [2.05, 4.69) is 10.3 Å². The number of carbonyl (C=O) groups excluding carboxylic acids is 1. The second kappa shape index (κ2) is 8.38. The van der Waals surface area contributed by atoms with E-state index in [4.69, 9.17) is 23.1 Å². The van der Waals surface area contributed by atoms with Gasteiger partial charge in [-0.05, 0) is 67.0 Å². The van der Waals surface area contributed by atoms with Crippen LogP contribution in [-0.4, -0.2) is 28.5 Å². The standard InChI is InChI=1S/C23H26ClFN4O/c24-23(27,17-5-6-17)10-9-19(26)13-28-22(30)21-12-16-2-1-15(11-20(16)29-21)14-3-7-18(25)8-4-14/h1-4,7-8,11-12,17,19,29H,5-6,9-10,13,26-27H2,(H,28,30)/t19-,23?/m0/s1. The Morgan fingerprint density at radius 1 is 1.20 bits per heavy atom. The maximum atomic E-state index is 13.1. The molecule has 1 fully saturated rings. The normalized spacial score (nSPS) is 16.9. The lowest BCUT2D eigenvalue weighted by Crippen LogP contribution is -2.41. The summed E-state index contributed by atoms with van der Waals surface area (Å²) in [4.78, 5) is 15.0. The Bertz CT molecular complexity index is 1040. The maximum absolute atomic E-state index is 13.1. The SMILES string of the molecule is N[C@@H](CCC(N)(Cl)C1CC1)CNC(=O)c1cc2ccc(-c3ccc(F)cc3)cc2[nH]1. The number of fused-ring (bicyclic) bond motifs is 1. The Labute approximate surface area is 180 Å². The van der Waals surface area contributed by atoms with E-state index in [1.54, 1.807) is 18.2 Å². The second-order valence-electron chi connectivity index (χ2n) is 8.20. The summed E-state index contributed by atoms with van der Waals surface area (Å²) in [5.74, 6) is -0.100. The molecule has 1 unspecified atom stereocenters. The van der Waals surface area contributed by atoms with Crippen molar-refractivity contribution in [2.75, 3.05) is 6.54 Å². The van der Waals surface area contributed by atoms with E-state index in [1.165, 1.54) is 12.1 Å². The highest BCUT2D eigenvalue weighted by atomic mass is 35.5. The molecule has 1 aromatic heterocycles. The first kappa shape index (κ1) is 20.8. The van der Waals surface area contributed by atoms with Gasteiger partial charge in [0, 0.05) is 23.5 Å². The number of hydrogen-bond donors (Lipinski definition) is 4. The number of carbonyl (C=O) groups is 1. The van der Waals surface area contributed by atoms with Crippen LogP contribution in [0.1, 0.15) is 36.2 Å². The molecule has 3 aromatic rings. The van der Waals surface area contributed by atoms with Gasteiger partial charge in [-0.3, -0.25) is 4.79 Å². The van der Waals surface area contributed by atoms with E-state index in [9.17, 15) is 9.18 Å². The summed E-state index contributed by atoms with van der Waals surface area (Å²) in [5.41, 5.74) is 15.4. The summed E-state index contributed by atoms with van der Waals surface area (Å²) < 4.78 is 13.1. The van der Waals surface area contributed by atoms with Gasteiger partial charge in [-0.15, -0.1) is 11.6 Å². The molecule has 5 nitrogen and oxygen atoms in total. The summed E-state index contributed by atoms with van der Waals surface area (Å²) in [5, 5.41) is 3.80. The zero-order chi connectivity index (χ0) is 21.3. The molecule has 0 spiro atoms. The minimum atomic E-state index is -0.680. The van der Waals surface area contributed by atoms with Crippen LogP contribution in [0.25, 0.3) is 22.0 Å². The minimum absolute atomic E-state index is 0.205. The molecule has 1 amide bonds. The van der Waals surface area contributed by atoms with Gasteiger partial charge in [0.2, 0.25) is 0 Å². The van der Waals surface area contributed by atoms with Gasteiger partial charge >= 0.3 is 0 Å². The molecular weight excluding hydrogens is 403 g/mol. The molecule has 2 atom stereocenters. The van der Waals surface area contributed by atoms with Gasteiger partial charge in [0.15, 0.2) is 0 Å². The summed E-state index contributed by atoms with van der Waals surface area (Å²) in [7, 11) is 0. The fourth-order valence-corrected chi connectivity index (χ4v) is 3.99. The Balaban J connectivity index is 1.36. The van der Waals surface area contributed by atoms with Crippen LogP contribution in [-0.2, 0) is 0 Å². The number of benzene rings is 2. The summed E-state index contributed by atoms with van der Waals surface area (Å²) in [6.45, 7) is 0.354. The van der Waals surface area contributed by atoms with Crippen LogP contribution in [0.4, 0.5) is 4.39 Å². The summed E-state index contributed by atoms with van der Waals surface area (Å²) in [6, 6.07) is 13.8. The highest BCUT2D eigenvalue weighted by molar-refractivity contribution is 6.23. The van der Waals surface area contributed by atoms with Crippen molar-refractivity contribution in [2.45, 2.75) is 36.7 Å². The highest BCUT2D eigenvalue weighted by Gasteiger charge is 2.40. The first-order chi connectivity index (χ1) is 14.3. The predicted octanol–water partition coefficient (Wildman–Crippen LogP) is 4.12. The molecule has 1 heterocycles. The monoisotopic (exact) mass is 428 g/mol. The van der Waals surface area contributed by atoms with E-state index >= 15 is 0 Å². The Morgan fingerprint density at radius 3 is 2.60 bits per heavy atom. The second-order valence-corrected chi connectivity index (χ2v) is 8.91. The van der Waals surface area contributed by atoms with E-state index in [-0.39, 0.29) is 17.8 Å². The molecule has 2 aromatic carbocycles. The van der Waals surface area contributed by atoms with E-state index < -0.39 is 5.00 Å². The maximum Gasteiger partial charge on any atom is 0.267 e. The number of halogens is 2. The van der Waals surface area contributed by atoms with Crippen LogP contribution < -0.4 is 16.8 Å². The van der Waals surface area contributed by atoms with Crippen molar-refractivity contribution in [3.05, 3.63) is 60.0 Å². The molecule has 0 radical (unpaired) electrons. The summed E-state index contributed by atoms with van der Waals surface area (Å²) in [6.07, 6.45) is 3.45.